The molecule has 2 aliphatic rings. The first kappa shape index (κ1) is 21.4. The van der Waals surface area contributed by atoms with Crippen molar-refractivity contribution in [2.24, 2.45) is 4.99 Å². The first-order valence-electron chi connectivity index (χ1n) is 9.70. The number of likely N-dealkylation sites (tertiary alicyclic amines) is 1. The minimum atomic E-state index is -0.161. The standard InChI is InChI=1S/C20H31FN4.HI/c1-3-22-20(23-11-5-7-16-6-4-8-17(21)13-16)24-18-12-15(2)25(14-18)19-9-10-19;/h4,6,8,13,15,18-19H,3,5,7,9-12,14H2,1-2H3,(H2,22,23,24);1H. The van der Waals surface area contributed by atoms with Crippen LogP contribution in [0.2, 0.25) is 0 Å². The lowest BCUT2D eigenvalue weighted by atomic mass is 10.1. The molecule has 2 N–H and O–H groups in total. The van der Waals surface area contributed by atoms with Crippen molar-refractivity contribution < 1.29 is 4.39 Å². The van der Waals surface area contributed by atoms with Crippen LogP contribution in [0.3, 0.4) is 0 Å². The van der Waals surface area contributed by atoms with Gasteiger partial charge in [-0.25, -0.2) is 4.39 Å². The summed E-state index contributed by atoms with van der Waals surface area (Å²) in [6.07, 6.45) is 5.70. The minimum absolute atomic E-state index is 0. The molecular formula is C20H32FIN4. The number of hydrogen-bond acceptors (Lipinski definition) is 2. The maximum Gasteiger partial charge on any atom is 0.191 e. The van der Waals surface area contributed by atoms with Crippen molar-refractivity contribution in [3.63, 3.8) is 0 Å². The van der Waals surface area contributed by atoms with Gasteiger partial charge >= 0.3 is 0 Å². The zero-order valence-electron chi connectivity index (χ0n) is 15.9. The quantitative estimate of drug-likeness (QED) is 0.275. The molecule has 2 fully saturated rings. The topological polar surface area (TPSA) is 39.7 Å². The highest BCUT2D eigenvalue weighted by molar-refractivity contribution is 14.0. The molecule has 6 heteroatoms. The highest BCUT2D eigenvalue weighted by Gasteiger charge is 2.38. The van der Waals surface area contributed by atoms with Crippen LogP contribution in [0.25, 0.3) is 0 Å². The molecule has 146 valence electrons. The Morgan fingerprint density at radius 2 is 2.15 bits per heavy atom. The summed E-state index contributed by atoms with van der Waals surface area (Å²) in [5, 5.41) is 6.96. The third kappa shape index (κ3) is 6.37. The highest BCUT2D eigenvalue weighted by Crippen LogP contribution is 2.33. The molecule has 1 saturated heterocycles. The van der Waals surface area contributed by atoms with Crippen LogP contribution < -0.4 is 10.6 Å². The summed E-state index contributed by atoms with van der Waals surface area (Å²) in [7, 11) is 0. The predicted octanol–water partition coefficient (Wildman–Crippen LogP) is 3.56. The van der Waals surface area contributed by atoms with Gasteiger partial charge < -0.3 is 10.6 Å². The van der Waals surface area contributed by atoms with Crippen molar-refractivity contribution in [2.75, 3.05) is 19.6 Å². The number of hydrogen-bond donors (Lipinski definition) is 2. The van der Waals surface area contributed by atoms with Gasteiger partial charge in [0.05, 0.1) is 0 Å². The average molecular weight is 474 g/mol. The summed E-state index contributed by atoms with van der Waals surface area (Å²) < 4.78 is 13.2. The molecule has 26 heavy (non-hydrogen) atoms. The van der Waals surface area contributed by atoms with Crippen LogP contribution in [0.4, 0.5) is 4.39 Å². The van der Waals surface area contributed by atoms with Gasteiger partial charge in [0, 0.05) is 37.8 Å². The van der Waals surface area contributed by atoms with Crippen molar-refractivity contribution in [1.29, 1.82) is 0 Å². The minimum Gasteiger partial charge on any atom is -0.357 e. The van der Waals surface area contributed by atoms with Crippen LogP contribution in [-0.4, -0.2) is 48.6 Å². The van der Waals surface area contributed by atoms with Gasteiger partial charge in [-0.2, -0.15) is 0 Å². The molecule has 1 aliphatic heterocycles. The molecule has 0 spiro atoms. The van der Waals surface area contributed by atoms with E-state index in [4.69, 9.17) is 4.99 Å². The average Bonchev–Trinajstić information content (AvgIpc) is 3.35. The van der Waals surface area contributed by atoms with Crippen molar-refractivity contribution in [3.8, 4) is 0 Å². The first-order valence-corrected chi connectivity index (χ1v) is 9.70. The van der Waals surface area contributed by atoms with E-state index in [1.165, 1.54) is 25.3 Å². The second kappa shape index (κ2) is 10.4. The van der Waals surface area contributed by atoms with Crippen molar-refractivity contribution in [2.45, 2.75) is 64.1 Å². The highest BCUT2D eigenvalue weighted by atomic mass is 127. The molecule has 0 aromatic heterocycles. The van der Waals surface area contributed by atoms with Crippen LogP contribution in [-0.2, 0) is 6.42 Å². The largest absolute Gasteiger partial charge is 0.357 e. The number of halogens is 2. The lowest BCUT2D eigenvalue weighted by Crippen LogP contribution is -2.44. The van der Waals surface area contributed by atoms with Crippen LogP contribution in [0, 0.1) is 5.82 Å². The van der Waals surface area contributed by atoms with Gasteiger partial charge in [-0.05, 0) is 63.6 Å². The second-order valence-electron chi connectivity index (χ2n) is 7.35. The monoisotopic (exact) mass is 474 g/mol. The summed E-state index contributed by atoms with van der Waals surface area (Å²) in [4.78, 5) is 7.35. The molecular weight excluding hydrogens is 442 g/mol. The van der Waals surface area contributed by atoms with E-state index in [9.17, 15) is 4.39 Å². The third-order valence-electron chi connectivity index (χ3n) is 5.11. The molecule has 0 radical (unpaired) electrons. The Morgan fingerprint density at radius 1 is 1.35 bits per heavy atom. The van der Waals surface area contributed by atoms with Crippen LogP contribution in [0.5, 0.6) is 0 Å². The normalized spacial score (nSPS) is 23.6. The fraction of sp³-hybridized carbons (Fsp3) is 0.650. The molecule has 1 aromatic carbocycles. The predicted molar refractivity (Wildman–Crippen MR) is 117 cm³/mol. The molecule has 0 amide bonds. The van der Waals surface area contributed by atoms with E-state index in [1.807, 2.05) is 6.07 Å². The summed E-state index contributed by atoms with van der Waals surface area (Å²) in [5.41, 5.74) is 1.04. The van der Waals surface area contributed by atoms with Crippen molar-refractivity contribution >= 4 is 29.9 Å². The molecule has 0 bridgehead atoms. The Morgan fingerprint density at radius 3 is 2.85 bits per heavy atom. The lowest BCUT2D eigenvalue weighted by Gasteiger charge is -2.20. The molecule has 1 aliphatic carbocycles. The number of aliphatic imine (C=N–C) groups is 1. The molecule has 1 heterocycles. The Hall–Kier alpha value is -0.890. The molecule has 3 rings (SSSR count). The zero-order valence-corrected chi connectivity index (χ0v) is 18.2. The third-order valence-corrected chi connectivity index (χ3v) is 5.11. The van der Waals surface area contributed by atoms with Gasteiger partial charge in [-0.1, -0.05) is 12.1 Å². The van der Waals surface area contributed by atoms with E-state index in [2.05, 4.69) is 29.4 Å². The van der Waals surface area contributed by atoms with Crippen LogP contribution in [0.15, 0.2) is 29.3 Å². The van der Waals surface area contributed by atoms with E-state index in [-0.39, 0.29) is 29.8 Å². The van der Waals surface area contributed by atoms with Gasteiger partial charge in [0.2, 0.25) is 0 Å². The fourth-order valence-electron chi connectivity index (χ4n) is 3.76. The van der Waals surface area contributed by atoms with E-state index in [0.29, 0.717) is 12.1 Å². The molecule has 1 saturated carbocycles. The number of nitrogens with zero attached hydrogens (tertiary/aromatic N) is 2. The number of benzene rings is 1. The van der Waals surface area contributed by atoms with Gasteiger partial charge in [0.1, 0.15) is 5.82 Å². The lowest BCUT2D eigenvalue weighted by molar-refractivity contribution is 0.256. The number of rotatable bonds is 7. The number of aryl methyl sites for hydroxylation is 1. The molecule has 2 unspecified atom stereocenters. The van der Waals surface area contributed by atoms with Gasteiger partial charge in [-0.15, -0.1) is 24.0 Å². The number of guanidine groups is 1. The van der Waals surface area contributed by atoms with Crippen molar-refractivity contribution in [1.82, 2.24) is 15.5 Å². The first-order chi connectivity index (χ1) is 12.2. The maximum absolute atomic E-state index is 13.2. The SMILES string of the molecule is CCNC(=NCCCc1cccc(F)c1)NC1CC(C)N(C2CC2)C1.I. The van der Waals surface area contributed by atoms with E-state index < -0.39 is 0 Å². The van der Waals surface area contributed by atoms with E-state index in [0.717, 1.165) is 50.0 Å². The molecule has 1 aromatic rings. The van der Waals surface area contributed by atoms with E-state index in [1.54, 1.807) is 12.1 Å². The summed E-state index contributed by atoms with van der Waals surface area (Å²) in [6.45, 7) is 7.17. The van der Waals surface area contributed by atoms with Gasteiger partial charge in [0.15, 0.2) is 5.96 Å². The molecule has 4 nitrogen and oxygen atoms in total. The summed E-state index contributed by atoms with van der Waals surface area (Å²) in [6, 6.07) is 8.82. The maximum atomic E-state index is 13.2. The molecule has 2 atom stereocenters. The van der Waals surface area contributed by atoms with Crippen molar-refractivity contribution in [3.05, 3.63) is 35.6 Å². The summed E-state index contributed by atoms with van der Waals surface area (Å²) >= 11 is 0. The Bertz CT molecular complexity index is 591. The Balaban J connectivity index is 0.00000243. The summed E-state index contributed by atoms with van der Waals surface area (Å²) in [5.74, 6) is 0.753. The fourth-order valence-corrected chi connectivity index (χ4v) is 3.76. The Labute approximate surface area is 174 Å². The Kier molecular flexibility index (Phi) is 8.60. The number of nitrogens with one attached hydrogen (secondary N) is 2. The van der Waals surface area contributed by atoms with Gasteiger partial charge in [0.25, 0.3) is 0 Å². The van der Waals surface area contributed by atoms with E-state index >= 15 is 0 Å². The van der Waals surface area contributed by atoms with Crippen LogP contribution >= 0.6 is 24.0 Å². The zero-order chi connectivity index (χ0) is 17.6. The second-order valence-corrected chi connectivity index (χ2v) is 7.35. The van der Waals surface area contributed by atoms with Gasteiger partial charge in [-0.3, -0.25) is 9.89 Å². The smallest absolute Gasteiger partial charge is 0.191 e. The van der Waals surface area contributed by atoms with Crippen LogP contribution in [0.1, 0.15) is 45.1 Å².